The first-order chi connectivity index (χ1) is 19.3. The Hall–Kier alpha value is -2.79. The summed E-state index contributed by atoms with van der Waals surface area (Å²) in [7, 11) is -2.99. The van der Waals surface area contributed by atoms with Gasteiger partial charge < -0.3 is 18.6 Å². The minimum absolute atomic E-state index is 0.0673. The molecule has 0 aliphatic carbocycles. The number of H-pyrrole nitrogens is 1. The van der Waals surface area contributed by atoms with Crippen LogP contribution in [0.15, 0.2) is 94.1 Å². The summed E-state index contributed by atoms with van der Waals surface area (Å²) >= 11 is 6.28. The monoisotopic (exact) mass is 596 g/mol. The van der Waals surface area contributed by atoms with Crippen molar-refractivity contribution in [2.75, 3.05) is 6.61 Å². The molecule has 3 aromatic rings. The maximum atomic E-state index is 13.0. The Morgan fingerprint density at radius 2 is 1.56 bits per heavy atom. The summed E-state index contributed by atoms with van der Waals surface area (Å²) < 4.78 is 28.3. The van der Waals surface area contributed by atoms with E-state index >= 15 is 0 Å². The van der Waals surface area contributed by atoms with Crippen LogP contribution in [0.4, 0.5) is 0 Å². The molecule has 10 heteroatoms. The van der Waals surface area contributed by atoms with Crippen molar-refractivity contribution < 1.29 is 18.6 Å². The predicted molar refractivity (Wildman–Crippen MR) is 161 cm³/mol. The van der Waals surface area contributed by atoms with Crippen molar-refractivity contribution in [3.63, 3.8) is 0 Å². The molecule has 0 saturated carbocycles. The van der Waals surface area contributed by atoms with E-state index in [4.69, 9.17) is 30.2 Å². The molecule has 2 aromatic carbocycles. The average molecular weight is 597 g/mol. The number of aromatic amines is 1. The third-order valence-electron chi connectivity index (χ3n) is 8.03. The second-order valence-corrected chi connectivity index (χ2v) is 16.9. The van der Waals surface area contributed by atoms with Gasteiger partial charge in [0.05, 0.1) is 6.61 Å². The molecule has 3 heterocycles. The second-order valence-electron chi connectivity index (χ2n) is 12.4. The van der Waals surface area contributed by atoms with E-state index in [1.807, 2.05) is 57.2 Å². The van der Waals surface area contributed by atoms with E-state index in [9.17, 15) is 9.59 Å². The normalized spacial score (nSPS) is 27.8. The summed E-state index contributed by atoms with van der Waals surface area (Å²) in [6.07, 6.45) is 1.47. The van der Waals surface area contributed by atoms with Crippen LogP contribution in [0, 0.1) is 0 Å². The summed E-state index contributed by atoms with van der Waals surface area (Å²) in [5.74, 6) is -0.990. The minimum atomic E-state index is -2.99. The highest BCUT2D eigenvalue weighted by Gasteiger charge is 2.70. The maximum Gasteiger partial charge on any atom is 0.330 e. The topological polar surface area (TPSA) is 91.8 Å². The Kier molecular flexibility index (Phi) is 7.59. The van der Waals surface area contributed by atoms with Crippen LogP contribution in [0.3, 0.4) is 0 Å². The highest BCUT2D eigenvalue weighted by Crippen LogP contribution is 2.55. The lowest BCUT2D eigenvalue weighted by molar-refractivity contribution is -0.230. The van der Waals surface area contributed by atoms with Crippen molar-refractivity contribution >= 4 is 30.3 Å². The quantitative estimate of drug-likeness (QED) is 0.414. The van der Waals surface area contributed by atoms with Crippen molar-refractivity contribution in [3.8, 4) is 0 Å². The van der Waals surface area contributed by atoms with Crippen LogP contribution >= 0.6 is 11.6 Å². The van der Waals surface area contributed by atoms with Gasteiger partial charge in [0.25, 0.3) is 13.9 Å². The van der Waals surface area contributed by atoms with Crippen LogP contribution in [0.25, 0.3) is 0 Å². The van der Waals surface area contributed by atoms with Gasteiger partial charge in [-0.3, -0.25) is 14.3 Å². The van der Waals surface area contributed by atoms with Crippen molar-refractivity contribution in [3.05, 3.63) is 105 Å². The van der Waals surface area contributed by atoms with Crippen LogP contribution in [0.5, 0.6) is 0 Å². The fourth-order valence-electron chi connectivity index (χ4n) is 6.48. The van der Waals surface area contributed by atoms with E-state index in [0.29, 0.717) is 0 Å². The first-order valence-electron chi connectivity index (χ1n) is 13.7. The zero-order valence-corrected chi connectivity index (χ0v) is 26.0. The second kappa shape index (κ2) is 10.5. The summed E-state index contributed by atoms with van der Waals surface area (Å²) in [6.45, 7) is 12.2. The average Bonchev–Trinajstić information content (AvgIpc) is 3.29. The maximum absolute atomic E-state index is 13.0. The van der Waals surface area contributed by atoms with Gasteiger partial charge in [-0.25, -0.2) is 4.79 Å². The van der Waals surface area contributed by atoms with Crippen LogP contribution in [0.2, 0.25) is 5.04 Å². The van der Waals surface area contributed by atoms with Crippen molar-refractivity contribution in [2.45, 2.75) is 75.9 Å². The van der Waals surface area contributed by atoms with Crippen LogP contribution < -0.4 is 21.6 Å². The first-order valence-corrected chi connectivity index (χ1v) is 16.0. The van der Waals surface area contributed by atoms with Gasteiger partial charge >= 0.3 is 5.69 Å². The minimum Gasteiger partial charge on any atom is -0.404 e. The lowest BCUT2D eigenvalue weighted by Crippen LogP contribution is -2.68. The van der Waals surface area contributed by atoms with E-state index in [2.05, 4.69) is 50.0 Å². The molecule has 5 rings (SSSR count). The van der Waals surface area contributed by atoms with E-state index in [0.717, 1.165) is 10.4 Å². The molecule has 41 heavy (non-hydrogen) atoms. The number of nitrogens with one attached hydrogen (secondary N) is 1. The fourth-order valence-corrected chi connectivity index (χ4v) is 11.3. The third kappa shape index (κ3) is 4.98. The number of nitrogens with zero attached hydrogens (tertiary/aromatic N) is 1. The number of halogens is 1. The van der Waals surface area contributed by atoms with Gasteiger partial charge in [-0.15, -0.1) is 0 Å². The number of aromatic nitrogens is 2. The summed E-state index contributed by atoms with van der Waals surface area (Å²) in [4.78, 5) is 27.2. The summed E-state index contributed by atoms with van der Waals surface area (Å²) in [6, 6.07) is 21.9. The lowest BCUT2D eigenvalue weighted by atomic mass is 9.88. The molecule has 2 aliphatic rings. The molecule has 1 aromatic heterocycles. The van der Waals surface area contributed by atoms with Gasteiger partial charge in [-0.1, -0.05) is 93.0 Å². The molecule has 0 radical (unpaired) electrons. The standard InChI is InChI=1S/C31H37ClN2O6Si/c1-28(2,3)41(22-13-9-7-10-14-22,23-15-11-8-12-16-23)37-21-31(18-19-32)25-30(6,40-29(4,5)38-25)26(39-31)34-20-17-24(35)33-27(34)36/h7-20,25-26H,21H2,1-6H3,(H,33,35,36)/t25-,26+,30+,31+/m0/s1. The molecule has 2 fully saturated rings. The number of hydrogen-bond acceptors (Lipinski definition) is 6. The van der Waals surface area contributed by atoms with Crippen LogP contribution in [-0.2, 0) is 18.6 Å². The molecule has 8 nitrogen and oxygen atoms in total. The molecule has 2 aliphatic heterocycles. The SMILES string of the molecule is CC1(C)O[C@H]2[C@@](C)(O1)[C@H](n1ccc(=O)[nH]c1=O)O[C@]2(C=CCl)CO[Si](c1ccccc1)(c1ccccc1)C(C)(C)C. The van der Waals surface area contributed by atoms with Crippen LogP contribution in [-0.4, -0.2) is 47.6 Å². The first kappa shape index (κ1) is 29.7. The highest BCUT2D eigenvalue weighted by atomic mass is 35.5. The fraction of sp³-hybridized carbons (Fsp3) is 0.419. The van der Waals surface area contributed by atoms with Gasteiger partial charge in [0, 0.05) is 17.8 Å². The Labute approximate surface area is 246 Å². The zero-order valence-electron chi connectivity index (χ0n) is 24.2. The number of ether oxygens (including phenoxy) is 3. The van der Waals surface area contributed by atoms with Crippen molar-refractivity contribution in [1.29, 1.82) is 0 Å². The molecule has 0 unspecified atom stereocenters. The molecule has 218 valence electrons. The van der Waals surface area contributed by atoms with Gasteiger partial charge in [0.15, 0.2) is 12.0 Å². The molecular formula is C31H37ClN2O6Si. The Balaban J connectivity index is 1.67. The van der Waals surface area contributed by atoms with Crippen molar-refractivity contribution in [2.24, 2.45) is 0 Å². The van der Waals surface area contributed by atoms with Gasteiger partial charge in [-0.2, -0.15) is 0 Å². The van der Waals surface area contributed by atoms with E-state index < -0.39 is 48.9 Å². The number of fused-ring (bicyclic) bond motifs is 1. The Morgan fingerprint density at radius 1 is 0.976 bits per heavy atom. The van der Waals surface area contributed by atoms with Crippen LogP contribution in [0.1, 0.15) is 47.8 Å². The number of benzene rings is 2. The van der Waals surface area contributed by atoms with E-state index in [1.54, 1.807) is 6.08 Å². The third-order valence-corrected chi connectivity index (χ3v) is 13.1. The molecular weight excluding hydrogens is 560 g/mol. The zero-order chi connectivity index (χ0) is 29.7. The molecule has 2 saturated heterocycles. The molecule has 1 N–H and O–H groups in total. The van der Waals surface area contributed by atoms with Gasteiger partial charge in [-0.05, 0) is 42.3 Å². The van der Waals surface area contributed by atoms with E-state index in [1.165, 1.54) is 22.4 Å². The highest BCUT2D eigenvalue weighted by molar-refractivity contribution is 6.99. The number of hydrogen-bond donors (Lipinski definition) is 1. The van der Waals surface area contributed by atoms with Gasteiger partial charge in [0.2, 0.25) is 0 Å². The summed E-state index contributed by atoms with van der Waals surface area (Å²) in [5.41, 5.74) is -2.10. The predicted octanol–water partition coefficient (Wildman–Crippen LogP) is 4.04. The van der Waals surface area contributed by atoms with Gasteiger partial charge in [0.1, 0.15) is 17.3 Å². The lowest BCUT2D eigenvalue weighted by Gasteiger charge is -2.45. The largest absolute Gasteiger partial charge is 0.404 e. The van der Waals surface area contributed by atoms with Crippen molar-refractivity contribution in [1.82, 2.24) is 9.55 Å². The molecule has 0 spiro atoms. The molecule has 0 bridgehead atoms. The Morgan fingerprint density at radius 3 is 2.07 bits per heavy atom. The molecule has 0 amide bonds. The number of rotatable bonds is 7. The van der Waals surface area contributed by atoms with E-state index in [-0.39, 0.29) is 11.6 Å². The molecule has 4 atom stereocenters. The smallest absolute Gasteiger partial charge is 0.330 e. The summed E-state index contributed by atoms with van der Waals surface area (Å²) in [5, 5.41) is 1.94. The Bertz CT molecular complexity index is 1490.